The standard InChI is InChI=1S/C18H23N3O16/c1-2-11(22)35-17-16(37-14(25)5-8-21(31)32)15(36-13(24)4-7-20(29)30)10(34-18(17)26)9-33-12(23)3-6-19(27)28/h2,10,15-18,26H,1,3-9H2/t10-,15+,16-,17+,18-/m0/s1. The van der Waals surface area contributed by atoms with E-state index in [1.807, 2.05) is 0 Å². The van der Waals surface area contributed by atoms with Crippen molar-refractivity contribution >= 4 is 23.9 Å². The molecule has 19 nitrogen and oxygen atoms in total. The number of nitro groups is 3. The van der Waals surface area contributed by atoms with E-state index in [0.717, 1.165) is 0 Å². The van der Waals surface area contributed by atoms with Crippen molar-refractivity contribution in [2.45, 2.75) is 50.0 Å². The molecule has 1 aliphatic heterocycles. The van der Waals surface area contributed by atoms with Crippen molar-refractivity contribution in [3.8, 4) is 0 Å². The van der Waals surface area contributed by atoms with Crippen molar-refractivity contribution in [2.24, 2.45) is 0 Å². The van der Waals surface area contributed by atoms with Crippen LogP contribution >= 0.6 is 0 Å². The number of aliphatic hydroxyl groups excluding tert-OH is 1. The van der Waals surface area contributed by atoms with Gasteiger partial charge in [0.25, 0.3) is 0 Å². The third-order valence-corrected chi connectivity index (χ3v) is 4.47. The summed E-state index contributed by atoms with van der Waals surface area (Å²) in [5, 5.41) is 41.9. The normalized spacial score (nSPS) is 22.7. The molecule has 206 valence electrons. The quantitative estimate of drug-likeness (QED) is 0.0791. The summed E-state index contributed by atoms with van der Waals surface area (Å²) in [5.41, 5.74) is 0. The Labute approximate surface area is 206 Å². The van der Waals surface area contributed by atoms with E-state index < -0.39 is 115 Å². The molecule has 5 atom stereocenters. The van der Waals surface area contributed by atoms with Gasteiger partial charge < -0.3 is 28.8 Å². The lowest BCUT2D eigenvalue weighted by molar-refractivity contribution is -0.479. The Morgan fingerprint density at radius 1 is 0.784 bits per heavy atom. The molecule has 0 bridgehead atoms. The first-order valence-electron chi connectivity index (χ1n) is 10.4. The van der Waals surface area contributed by atoms with Crippen molar-refractivity contribution in [1.29, 1.82) is 0 Å². The predicted molar refractivity (Wildman–Crippen MR) is 111 cm³/mol. The maximum Gasteiger partial charge on any atom is 0.330 e. The average Bonchev–Trinajstić information content (AvgIpc) is 2.82. The van der Waals surface area contributed by atoms with Gasteiger partial charge in [-0.25, -0.2) is 4.79 Å². The topological polar surface area (TPSA) is 264 Å². The molecule has 1 aliphatic rings. The maximum atomic E-state index is 12.2. The van der Waals surface area contributed by atoms with E-state index in [2.05, 4.69) is 6.58 Å². The Morgan fingerprint density at radius 3 is 1.70 bits per heavy atom. The monoisotopic (exact) mass is 537 g/mol. The van der Waals surface area contributed by atoms with Crippen LogP contribution in [-0.4, -0.2) is 101 Å². The molecular formula is C18H23N3O16. The first-order valence-corrected chi connectivity index (χ1v) is 10.4. The van der Waals surface area contributed by atoms with Gasteiger partial charge in [0.15, 0.2) is 24.6 Å². The molecular weight excluding hydrogens is 514 g/mol. The van der Waals surface area contributed by atoms with Gasteiger partial charge in [0.1, 0.15) is 32.0 Å². The highest BCUT2D eigenvalue weighted by molar-refractivity contribution is 5.81. The van der Waals surface area contributed by atoms with E-state index in [9.17, 15) is 54.6 Å². The molecule has 1 N–H and O–H groups in total. The fraction of sp³-hybridized carbons (Fsp3) is 0.667. The number of ether oxygens (including phenoxy) is 5. The van der Waals surface area contributed by atoms with Crippen molar-refractivity contribution < 1.29 is 62.7 Å². The van der Waals surface area contributed by atoms with Gasteiger partial charge in [-0.2, -0.15) is 0 Å². The Hall–Kier alpha value is -4.26. The zero-order chi connectivity index (χ0) is 28.1. The van der Waals surface area contributed by atoms with Crippen LogP contribution in [0.25, 0.3) is 0 Å². The van der Waals surface area contributed by atoms with E-state index in [1.54, 1.807) is 0 Å². The number of carbonyl (C=O) groups is 4. The van der Waals surface area contributed by atoms with Gasteiger partial charge >= 0.3 is 23.9 Å². The Balaban J connectivity index is 3.24. The highest BCUT2D eigenvalue weighted by atomic mass is 16.7. The second-order valence-electron chi connectivity index (χ2n) is 7.18. The van der Waals surface area contributed by atoms with Crippen LogP contribution in [0.5, 0.6) is 0 Å². The summed E-state index contributed by atoms with van der Waals surface area (Å²) < 4.78 is 25.1. The number of rotatable bonds is 15. The second-order valence-corrected chi connectivity index (χ2v) is 7.18. The second kappa shape index (κ2) is 15.0. The summed E-state index contributed by atoms with van der Waals surface area (Å²) in [6, 6.07) is 0. The Bertz CT molecular complexity index is 907. The summed E-state index contributed by atoms with van der Waals surface area (Å²) in [4.78, 5) is 77.1. The lowest BCUT2D eigenvalue weighted by atomic mass is 9.98. The molecule has 1 heterocycles. The van der Waals surface area contributed by atoms with Crippen molar-refractivity contribution in [1.82, 2.24) is 0 Å². The Kier molecular flexibility index (Phi) is 12.5. The summed E-state index contributed by atoms with van der Waals surface area (Å²) >= 11 is 0. The van der Waals surface area contributed by atoms with Gasteiger partial charge in [0.05, 0.1) is 0 Å². The molecule has 0 aromatic heterocycles. The average molecular weight is 537 g/mol. The zero-order valence-corrected chi connectivity index (χ0v) is 19.0. The minimum atomic E-state index is -2.09. The lowest BCUT2D eigenvalue weighted by Gasteiger charge is -2.42. The van der Waals surface area contributed by atoms with E-state index >= 15 is 0 Å². The Morgan fingerprint density at radius 2 is 1.24 bits per heavy atom. The molecule has 0 aromatic rings. The largest absolute Gasteiger partial charge is 0.463 e. The third kappa shape index (κ3) is 11.3. The van der Waals surface area contributed by atoms with E-state index in [0.29, 0.717) is 6.08 Å². The van der Waals surface area contributed by atoms with Gasteiger partial charge in [0.2, 0.25) is 19.6 Å². The number of nitrogens with zero attached hydrogens (tertiary/aromatic N) is 3. The summed E-state index contributed by atoms with van der Waals surface area (Å²) in [7, 11) is 0. The highest BCUT2D eigenvalue weighted by Crippen LogP contribution is 2.28. The number of carbonyl (C=O) groups excluding carboxylic acids is 4. The number of hydrogen-bond donors (Lipinski definition) is 1. The van der Waals surface area contributed by atoms with Crippen molar-refractivity contribution in [3.63, 3.8) is 0 Å². The van der Waals surface area contributed by atoms with E-state index in [-0.39, 0.29) is 0 Å². The van der Waals surface area contributed by atoms with Gasteiger partial charge in [0, 0.05) is 20.8 Å². The van der Waals surface area contributed by atoms with Crippen LogP contribution in [0, 0.1) is 30.3 Å². The minimum Gasteiger partial charge on any atom is -0.463 e. The third-order valence-electron chi connectivity index (χ3n) is 4.47. The SMILES string of the molecule is C=CC(=O)O[C@@H]1[C@@H](OC(=O)CC[N+](=O)[O-])[C@H](OC(=O)CC[N+](=O)[O-])[C@H](COC(=O)CC[N+](=O)[O-])O[C@@H]1O. The van der Waals surface area contributed by atoms with Crippen LogP contribution in [0.3, 0.4) is 0 Å². The molecule has 0 amide bonds. The molecule has 0 saturated carbocycles. The number of aliphatic hydroxyl groups is 1. The van der Waals surface area contributed by atoms with Crippen molar-refractivity contribution in [3.05, 3.63) is 43.0 Å². The van der Waals surface area contributed by atoms with Crippen LogP contribution < -0.4 is 0 Å². The molecule has 0 aliphatic carbocycles. The van der Waals surface area contributed by atoms with E-state index in [1.165, 1.54) is 0 Å². The van der Waals surface area contributed by atoms with Gasteiger partial charge in [-0.1, -0.05) is 6.58 Å². The van der Waals surface area contributed by atoms with Gasteiger partial charge in [-0.05, 0) is 0 Å². The van der Waals surface area contributed by atoms with Gasteiger partial charge in [-0.15, -0.1) is 0 Å². The molecule has 19 heteroatoms. The molecule has 1 rings (SSSR count). The summed E-state index contributed by atoms with van der Waals surface area (Å²) in [5.74, 6) is -4.72. The van der Waals surface area contributed by atoms with E-state index in [4.69, 9.17) is 23.7 Å². The summed E-state index contributed by atoms with van der Waals surface area (Å²) in [6.07, 6.45) is -10.9. The zero-order valence-electron chi connectivity index (χ0n) is 19.0. The first-order chi connectivity index (χ1) is 17.3. The van der Waals surface area contributed by atoms with Crippen LogP contribution in [-0.2, 0) is 42.9 Å². The molecule has 37 heavy (non-hydrogen) atoms. The number of esters is 4. The lowest BCUT2D eigenvalue weighted by Crippen LogP contribution is -2.62. The molecule has 0 spiro atoms. The van der Waals surface area contributed by atoms with Crippen LogP contribution in [0.2, 0.25) is 0 Å². The van der Waals surface area contributed by atoms with Crippen LogP contribution in [0.15, 0.2) is 12.7 Å². The van der Waals surface area contributed by atoms with Crippen LogP contribution in [0.4, 0.5) is 0 Å². The van der Waals surface area contributed by atoms with Crippen molar-refractivity contribution in [2.75, 3.05) is 26.2 Å². The molecule has 1 saturated heterocycles. The minimum absolute atomic E-state index is 0.658. The molecule has 1 fully saturated rings. The smallest absolute Gasteiger partial charge is 0.330 e. The first kappa shape index (κ1) is 30.8. The molecule has 0 radical (unpaired) electrons. The molecule has 0 aromatic carbocycles. The highest BCUT2D eigenvalue weighted by Gasteiger charge is 2.52. The summed E-state index contributed by atoms with van der Waals surface area (Å²) in [6.45, 7) is -0.181. The fourth-order valence-electron chi connectivity index (χ4n) is 2.83. The predicted octanol–water partition coefficient (Wildman–Crippen LogP) is -1.83. The maximum absolute atomic E-state index is 12.2. The van der Waals surface area contributed by atoms with Gasteiger partial charge in [-0.3, -0.25) is 44.7 Å². The fourth-order valence-corrected chi connectivity index (χ4v) is 2.83. The molecule has 0 unspecified atom stereocenters. The van der Waals surface area contributed by atoms with Crippen LogP contribution in [0.1, 0.15) is 19.3 Å². The number of hydrogen-bond acceptors (Lipinski definition) is 16.